The van der Waals surface area contributed by atoms with Crippen molar-refractivity contribution in [3.63, 3.8) is 0 Å². The topological polar surface area (TPSA) is 135 Å². The summed E-state index contributed by atoms with van der Waals surface area (Å²) in [4.78, 5) is 50.1. The number of carbonyl (C=O) groups excluding carboxylic acids is 3. The third-order valence-corrected chi connectivity index (χ3v) is 5.05. The van der Waals surface area contributed by atoms with Gasteiger partial charge in [-0.15, -0.1) is 0 Å². The lowest BCUT2D eigenvalue weighted by atomic mass is 10.1. The lowest BCUT2D eigenvalue weighted by Gasteiger charge is -2.26. The fraction of sp³-hybridized carbons (Fsp3) is 0.0435. The largest absolute Gasteiger partial charge is 0.478 e. The average molecular weight is 446 g/mol. The number of furan rings is 1. The number of anilines is 1. The molecule has 2 N–H and O–H groups in total. The van der Waals surface area contributed by atoms with E-state index in [1.165, 1.54) is 36.4 Å². The third-order valence-electron chi connectivity index (χ3n) is 5.05. The number of fused-ring (bicyclic) bond motifs is 1. The van der Waals surface area contributed by atoms with E-state index in [4.69, 9.17) is 13.9 Å². The monoisotopic (exact) mass is 446 g/mol. The van der Waals surface area contributed by atoms with Gasteiger partial charge in [0, 0.05) is 11.6 Å². The van der Waals surface area contributed by atoms with Gasteiger partial charge in [0.25, 0.3) is 11.8 Å². The first-order chi connectivity index (χ1) is 15.9. The maximum Gasteiger partial charge on any atom is 0.336 e. The van der Waals surface area contributed by atoms with E-state index in [9.17, 15) is 24.3 Å². The second-order valence-corrected chi connectivity index (χ2v) is 7.05. The summed E-state index contributed by atoms with van der Waals surface area (Å²) in [6.45, 7) is 0.0222. The van der Waals surface area contributed by atoms with Gasteiger partial charge in [-0.3, -0.25) is 14.9 Å². The number of ether oxygens (including phenoxy) is 2. The predicted molar refractivity (Wildman–Crippen MR) is 113 cm³/mol. The molecule has 0 aliphatic carbocycles. The van der Waals surface area contributed by atoms with Crippen molar-refractivity contribution in [2.45, 2.75) is 0 Å². The number of carboxylic acid groups (broad SMARTS) is 1. The van der Waals surface area contributed by atoms with Gasteiger partial charge >= 0.3 is 12.0 Å². The maximum atomic E-state index is 13.1. The standard InChI is InChI=1S/C23H14N2O8/c26-20-16(10-13-6-8-17(33-13)14-3-1-2-4-15(14)22(28)29)21(27)25(23(30)24-20)12-5-7-18-19(9-12)32-11-31-18/h1-10H,11H2,(H,28,29)(H,24,26,30)/b16-10-. The zero-order chi connectivity index (χ0) is 23.1. The van der Waals surface area contributed by atoms with Gasteiger partial charge in [-0.2, -0.15) is 0 Å². The Morgan fingerprint density at radius 2 is 1.79 bits per heavy atom. The molecule has 2 aromatic carbocycles. The van der Waals surface area contributed by atoms with E-state index in [2.05, 4.69) is 5.32 Å². The lowest BCUT2D eigenvalue weighted by Crippen LogP contribution is -2.54. The highest BCUT2D eigenvalue weighted by molar-refractivity contribution is 6.39. The molecule has 0 bridgehead atoms. The van der Waals surface area contributed by atoms with Gasteiger partial charge in [0.2, 0.25) is 6.79 Å². The second-order valence-electron chi connectivity index (χ2n) is 7.05. The molecule has 5 rings (SSSR count). The zero-order valence-electron chi connectivity index (χ0n) is 16.7. The van der Waals surface area contributed by atoms with E-state index in [-0.39, 0.29) is 35.1 Å². The number of amides is 4. The van der Waals surface area contributed by atoms with Crippen LogP contribution in [0.25, 0.3) is 17.4 Å². The van der Waals surface area contributed by atoms with E-state index in [1.807, 2.05) is 0 Å². The summed E-state index contributed by atoms with van der Waals surface area (Å²) >= 11 is 0. The van der Waals surface area contributed by atoms with Crippen LogP contribution in [0.3, 0.4) is 0 Å². The molecular weight excluding hydrogens is 432 g/mol. The van der Waals surface area contributed by atoms with Crippen LogP contribution in [0, 0.1) is 0 Å². The highest BCUT2D eigenvalue weighted by atomic mass is 16.7. The van der Waals surface area contributed by atoms with Crippen molar-refractivity contribution in [1.29, 1.82) is 0 Å². The Hall–Kier alpha value is -4.86. The Kier molecular flexibility index (Phi) is 4.67. The molecule has 1 saturated heterocycles. The molecule has 0 unspecified atom stereocenters. The molecule has 3 aromatic rings. The normalized spacial score (nSPS) is 16.3. The minimum absolute atomic E-state index is 0.0222. The van der Waals surface area contributed by atoms with Gasteiger partial charge in [0.1, 0.15) is 17.1 Å². The van der Waals surface area contributed by atoms with E-state index >= 15 is 0 Å². The maximum absolute atomic E-state index is 13.1. The Morgan fingerprint density at radius 3 is 2.61 bits per heavy atom. The van der Waals surface area contributed by atoms with Crippen LogP contribution in [-0.4, -0.2) is 35.7 Å². The van der Waals surface area contributed by atoms with Gasteiger partial charge in [0.15, 0.2) is 11.5 Å². The number of urea groups is 1. The summed E-state index contributed by atoms with van der Waals surface area (Å²) in [5.41, 5.74) is 0.235. The number of nitrogens with one attached hydrogen (secondary N) is 1. The Bertz CT molecular complexity index is 1370. The van der Waals surface area contributed by atoms with Crippen LogP contribution >= 0.6 is 0 Å². The van der Waals surface area contributed by atoms with Crippen LogP contribution in [0.1, 0.15) is 16.1 Å². The molecule has 10 heteroatoms. The molecule has 33 heavy (non-hydrogen) atoms. The van der Waals surface area contributed by atoms with Gasteiger partial charge < -0.3 is 19.0 Å². The first-order valence-corrected chi connectivity index (χ1v) is 9.66. The van der Waals surface area contributed by atoms with Crippen molar-refractivity contribution in [2.75, 3.05) is 11.7 Å². The molecule has 164 valence electrons. The summed E-state index contributed by atoms with van der Waals surface area (Å²) < 4.78 is 16.2. The van der Waals surface area contributed by atoms with Crippen molar-refractivity contribution >= 4 is 35.6 Å². The number of benzene rings is 2. The summed E-state index contributed by atoms with van der Waals surface area (Å²) in [7, 11) is 0. The molecule has 1 fully saturated rings. The first-order valence-electron chi connectivity index (χ1n) is 9.66. The van der Waals surface area contributed by atoms with Gasteiger partial charge in [-0.05, 0) is 36.4 Å². The van der Waals surface area contributed by atoms with Crippen LogP contribution in [0.4, 0.5) is 10.5 Å². The van der Waals surface area contributed by atoms with Crippen molar-refractivity contribution in [2.24, 2.45) is 0 Å². The molecule has 2 aliphatic heterocycles. The highest BCUT2D eigenvalue weighted by Crippen LogP contribution is 2.36. The quantitative estimate of drug-likeness (QED) is 0.461. The summed E-state index contributed by atoms with van der Waals surface area (Å²) in [6, 6.07) is 12.9. The number of imide groups is 2. The van der Waals surface area contributed by atoms with Crippen LogP contribution in [0.2, 0.25) is 0 Å². The number of aromatic carboxylic acids is 1. The third kappa shape index (κ3) is 3.49. The van der Waals surface area contributed by atoms with Gasteiger partial charge in [0.05, 0.1) is 11.3 Å². The van der Waals surface area contributed by atoms with E-state index in [0.29, 0.717) is 17.1 Å². The predicted octanol–water partition coefficient (Wildman–Crippen LogP) is 3.04. The lowest BCUT2D eigenvalue weighted by molar-refractivity contribution is -0.122. The Balaban J connectivity index is 1.49. The molecule has 0 saturated carbocycles. The Morgan fingerprint density at radius 1 is 1.00 bits per heavy atom. The SMILES string of the molecule is O=C1NC(=O)N(c2ccc3c(c2)OCO3)C(=O)/C1=C\c1ccc(-c2ccccc2C(=O)O)o1. The van der Waals surface area contributed by atoms with Gasteiger partial charge in [-0.25, -0.2) is 14.5 Å². The number of carbonyl (C=O) groups is 4. The number of nitrogens with zero attached hydrogens (tertiary/aromatic N) is 1. The summed E-state index contributed by atoms with van der Waals surface area (Å²) in [5, 5.41) is 11.5. The van der Waals surface area contributed by atoms with Crippen molar-refractivity contribution in [3.8, 4) is 22.8 Å². The molecule has 1 aromatic heterocycles. The molecule has 2 aliphatic rings. The average Bonchev–Trinajstić information content (AvgIpc) is 3.45. The van der Waals surface area contributed by atoms with E-state index < -0.39 is 23.8 Å². The Labute approximate surface area is 185 Å². The first kappa shape index (κ1) is 20.1. The van der Waals surface area contributed by atoms with Crippen molar-refractivity contribution in [3.05, 3.63) is 71.5 Å². The van der Waals surface area contributed by atoms with E-state index in [1.54, 1.807) is 24.3 Å². The minimum Gasteiger partial charge on any atom is -0.478 e. The van der Waals surface area contributed by atoms with Crippen LogP contribution < -0.4 is 19.7 Å². The molecule has 0 atom stereocenters. The van der Waals surface area contributed by atoms with E-state index in [0.717, 1.165) is 4.90 Å². The molecular formula is C23H14N2O8. The summed E-state index contributed by atoms with van der Waals surface area (Å²) in [6.07, 6.45) is 1.19. The number of hydrogen-bond acceptors (Lipinski definition) is 7. The minimum atomic E-state index is -1.12. The summed E-state index contributed by atoms with van der Waals surface area (Å²) in [5.74, 6) is -1.65. The molecule has 0 spiro atoms. The van der Waals surface area contributed by atoms with Crippen LogP contribution in [0.15, 0.2) is 64.6 Å². The zero-order valence-corrected chi connectivity index (χ0v) is 16.7. The fourth-order valence-electron chi connectivity index (χ4n) is 3.52. The fourth-order valence-corrected chi connectivity index (χ4v) is 3.52. The molecule has 3 heterocycles. The van der Waals surface area contributed by atoms with Gasteiger partial charge in [-0.1, -0.05) is 18.2 Å². The van der Waals surface area contributed by atoms with Crippen LogP contribution in [-0.2, 0) is 9.59 Å². The number of carboxylic acids is 1. The smallest absolute Gasteiger partial charge is 0.336 e. The number of barbiturate groups is 1. The van der Waals surface area contributed by atoms with Crippen molar-refractivity contribution in [1.82, 2.24) is 5.32 Å². The number of hydrogen-bond donors (Lipinski definition) is 2. The van der Waals surface area contributed by atoms with Crippen molar-refractivity contribution < 1.29 is 38.2 Å². The molecule has 0 radical (unpaired) electrons. The second kappa shape index (κ2) is 7.68. The number of rotatable bonds is 4. The van der Waals surface area contributed by atoms with Crippen LogP contribution in [0.5, 0.6) is 11.5 Å². The highest BCUT2D eigenvalue weighted by Gasteiger charge is 2.37. The molecule has 4 amide bonds. The molecule has 10 nitrogen and oxygen atoms in total.